The molecule has 1 fully saturated rings. The van der Waals surface area contributed by atoms with E-state index in [0.717, 1.165) is 22.5 Å². The Kier molecular flexibility index (Phi) is 5.98. The topological polar surface area (TPSA) is 128 Å². The van der Waals surface area contributed by atoms with Gasteiger partial charge in [0.1, 0.15) is 17.4 Å². The fourth-order valence-corrected chi connectivity index (χ4v) is 4.83. The first-order chi connectivity index (χ1) is 17.6. The number of nitrogens with one attached hydrogen (secondary N) is 1. The highest BCUT2D eigenvalue weighted by Crippen LogP contribution is 2.40. The summed E-state index contributed by atoms with van der Waals surface area (Å²) in [7, 11) is 1.34. The summed E-state index contributed by atoms with van der Waals surface area (Å²) in [6.45, 7) is 0. The van der Waals surface area contributed by atoms with E-state index in [0.29, 0.717) is 19.3 Å². The number of nitrogen functional groups attached to an aromatic ring is 1. The fraction of sp³-hybridized carbons (Fsp3) is 0.280. The van der Waals surface area contributed by atoms with Crippen molar-refractivity contribution >= 4 is 17.2 Å². The molecule has 12 heteroatoms. The summed E-state index contributed by atoms with van der Waals surface area (Å²) in [4.78, 5) is 21.1. The third-order valence-corrected chi connectivity index (χ3v) is 6.61. The van der Waals surface area contributed by atoms with Crippen LogP contribution in [0.4, 0.5) is 19.0 Å². The minimum absolute atomic E-state index is 0.00335. The number of pyridine rings is 1. The molecule has 1 aliphatic rings. The SMILES string of the molecule is COc1ncc(-c2cc(C(F)(F)F)c3c(N)ncnn23)cc1C(=O)NC1CCC(O)(c2ccccc2)C1. The molecule has 4 aromatic rings. The lowest BCUT2D eigenvalue weighted by Gasteiger charge is -2.23. The molecule has 0 saturated heterocycles. The summed E-state index contributed by atoms with van der Waals surface area (Å²) in [5.74, 6) is -0.858. The Morgan fingerprint density at radius 3 is 2.70 bits per heavy atom. The standard InChI is InChI=1S/C25H23F3N6O3/c1-37-23-17(22(35)33-16-7-8-24(36,11-16)15-5-3-2-4-6-15)9-14(12-30-23)19-10-18(25(26,27)28)20-21(29)31-13-32-34(19)20/h2-6,9-10,12-13,16,36H,7-8,11H2,1H3,(H,33,35)(H2,29,31,32). The Balaban J connectivity index is 1.47. The molecule has 0 spiro atoms. The lowest BCUT2D eigenvalue weighted by atomic mass is 9.92. The van der Waals surface area contributed by atoms with Gasteiger partial charge < -0.3 is 20.9 Å². The summed E-state index contributed by atoms with van der Waals surface area (Å²) >= 11 is 0. The van der Waals surface area contributed by atoms with Crippen LogP contribution in [0.5, 0.6) is 5.88 Å². The van der Waals surface area contributed by atoms with Gasteiger partial charge in [-0.25, -0.2) is 14.5 Å². The second kappa shape index (κ2) is 9.04. The second-order valence-corrected chi connectivity index (χ2v) is 8.94. The molecule has 0 aliphatic heterocycles. The number of ether oxygens (including phenoxy) is 1. The first-order valence-corrected chi connectivity index (χ1v) is 11.4. The fourth-order valence-electron chi connectivity index (χ4n) is 4.83. The third-order valence-electron chi connectivity index (χ3n) is 6.61. The van der Waals surface area contributed by atoms with Crippen molar-refractivity contribution in [3.05, 3.63) is 71.7 Å². The van der Waals surface area contributed by atoms with Crippen LogP contribution in [0.25, 0.3) is 16.8 Å². The zero-order valence-corrected chi connectivity index (χ0v) is 19.7. The van der Waals surface area contributed by atoms with Crippen molar-refractivity contribution in [2.24, 2.45) is 0 Å². The van der Waals surface area contributed by atoms with Gasteiger partial charge in [-0.15, -0.1) is 0 Å². The minimum Gasteiger partial charge on any atom is -0.480 e. The lowest BCUT2D eigenvalue weighted by Crippen LogP contribution is -2.35. The van der Waals surface area contributed by atoms with Gasteiger partial charge in [0.25, 0.3) is 5.91 Å². The quantitative estimate of drug-likeness (QED) is 0.373. The first kappa shape index (κ1) is 24.5. The van der Waals surface area contributed by atoms with Gasteiger partial charge in [-0.3, -0.25) is 4.79 Å². The van der Waals surface area contributed by atoms with Gasteiger partial charge in [0.2, 0.25) is 5.88 Å². The number of hydrogen-bond donors (Lipinski definition) is 3. The summed E-state index contributed by atoms with van der Waals surface area (Å²) in [5.41, 5.74) is 4.29. The number of halogens is 3. The Labute approximate surface area is 209 Å². The average Bonchev–Trinajstić information content (AvgIpc) is 3.47. The number of alkyl halides is 3. The predicted molar refractivity (Wildman–Crippen MR) is 128 cm³/mol. The van der Waals surface area contributed by atoms with Crippen molar-refractivity contribution in [1.82, 2.24) is 24.9 Å². The van der Waals surface area contributed by atoms with Crippen molar-refractivity contribution in [2.45, 2.75) is 37.1 Å². The molecule has 0 bridgehead atoms. The van der Waals surface area contributed by atoms with Gasteiger partial charge >= 0.3 is 6.18 Å². The molecule has 5 rings (SSSR count). The monoisotopic (exact) mass is 512 g/mol. The van der Waals surface area contributed by atoms with Crippen LogP contribution in [-0.4, -0.2) is 43.7 Å². The van der Waals surface area contributed by atoms with Crippen LogP contribution in [0.3, 0.4) is 0 Å². The molecule has 1 saturated carbocycles. The van der Waals surface area contributed by atoms with Gasteiger partial charge in [0.05, 0.1) is 24.0 Å². The Bertz CT molecular complexity index is 1470. The van der Waals surface area contributed by atoms with Gasteiger partial charge in [-0.1, -0.05) is 30.3 Å². The van der Waals surface area contributed by atoms with E-state index in [1.165, 1.54) is 19.4 Å². The predicted octanol–water partition coefficient (Wildman–Crippen LogP) is 3.57. The number of carbonyl (C=O) groups excluding carboxylic acids is 1. The van der Waals surface area contributed by atoms with Crippen molar-refractivity contribution in [1.29, 1.82) is 0 Å². The summed E-state index contributed by atoms with van der Waals surface area (Å²) in [5, 5.41) is 17.9. The average molecular weight is 512 g/mol. The molecule has 37 heavy (non-hydrogen) atoms. The molecule has 1 amide bonds. The number of aromatic nitrogens is 4. The number of nitrogens with zero attached hydrogens (tertiary/aromatic N) is 4. The number of carbonyl (C=O) groups is 1. The van der Waals surface area contributed by atoms with E-state index in [1.54, 1.807) is 0 Å². The summed E-state index contributed by atoms with van der Waals surface area (Å²) in [6.07, 6.45) is -1.05. The van der Waals surface area contributed by atoms with Crippen LogP contribution in [0.1, 0.15) is 40.7 Å². The van der Waals surface area contributed by atoms with E-state index in [4.69, 9.17) is 10.5 Å². The van der Waals surface area contributed by atoms with Gasteiger partial charge in [-0.05, 0) is 30.5 Å². The number of hydrogen-bond acceptors (Lipinski definition) is 7. The van der Waals surface area contributed by atoms with E-state index in [9.17, 15) is 23.1 Å². The highest BCUT2D eigenvalue weighted by Gasteiger charge is 2.40. The third kappa shape index (κ3) is 4.44. The normalized spacial score (nSPS) is 19.8. The van der Waals surface area contributed by atoms with Gasteiger partial charge in [0.15, 0.2) is 5.82 Å². The minimum atomic E-state index is -4.71. The molecule has 9 nitrogen and oxygen atoms in total. The van der Waals surface area contributed by atoms with E-state index in [2.05, 4.69) is 20.4 Å². The van der Waals surface area contributed by atoms with Gasteiger partial charge in [-0.2, -0.15) is 18.3 Å². The molecule has 2 unspecified atom stereocenters. The Morgan fingerprint density at radius 2 is 2.00 bits per heavy atom. The number of amides is 1. The van der Waals surface area contributed by atoms with E-state index in [-0.39, 0.29) is 34.6 Å². The largest absolute Gasteiger partial charge is 0.480 e. The molecule has 3 aromatic heterocycles. The molecule has 2 atom stereocenters. The maximum atomic E-state index is 13.7. The first-order valence-electron chi connectivity index (χ1n) is 11.4. The Morgan fingerprint density at radius 1 is 1.24 bits per heavy atom. The lowest BCUT2D eigenvalue weighted by molar-refractivity contribution is -0.136. The molecule has 1 aromatic carbocycles. The van der Waals surface area contributed by atoms with Crippen LogP contribution < -0.4 is 15.8 Å². The van der Waals surface area contributed by atoms with Crippen molar-refractivity contribution in [2.75, 3.05) is 12.8 Å². The Hall–Kier alpha value is -4.19. The molecule has 0 radical (unpaired) electrons. The summed E-state index contributed by atoms with van der Waals surface area (Å²) < 4.78 is 47.4. The molecule has 192 valence electrons. The molecule has 4 N–H and O–H groups in total. The van der Waals surface area contributed by atoms with Gasteiger partial charge in [0, 0.05) is 24.2 Å². The number of nitrogens with two attached hydrogens (primary N) is 1. The van der Waals surface area contributed by atoms with E-state index >= 15 is 0 Å². The molecule has 1 aliphatic carbocycles. The van der Waals surface area contributed by atoms with Crippen LogP contribution in [0.2, 0.25) is 0 Å². The highest BCUT2D eigenvalue weighted by atomic mass is 19.4. The van der Waals surface area contributed by atoms with Crippen molar-refractivity contribution in [3.8, 4) is 17.1 Å². The number of rotatable bonds is 5. The van der Waals surface area contributed by atoms with E-state index < -0.39 is 28.8 Å². The number of anilines is 1. The van der Waals surface area contributed by atoms with Crippen LogP contribution >= 0.6 is 0 Å². The smallest absolute Gasteiger partial charge is 0.418 e. The molecular formula is C25H23F3N6O3. The number of methoxy groups -OCH3 is 1. The molecular weight excluding hydrogens is 489 g/mol. The van der Waals surface area contributed by atoms with Crippen LogP contribution in [-0.2, 0) is 11.8 Å². The van der Waals surface area contributed by atoms with Crippen LogP contribution in [0, 0.1) is 0 Å². The van der Waals surface area contributed by atoms with Crippen molar-refractivity contribution < 1.29 is 27.8 Å². The van der Waals surface area contributed by atoms with Crippen molar-refractivity contribution in [3.63, 3.8) is 0 Å². The highest BCUT2D eigenvalue weighted by molar-refractivity contribution is 5.98. The zero-order chi connectivity index (χ0) is 26.4. The second-order valence-electron chi connectivity index (χ2n) is 8.94. The maximum Gasteiger partial charge on any atom is 0.418 e. The number of aliphatic hydroxyl groups is 1. The number of fused-ring (bicyclic) bond motifs is 1. The zero-order valence-electron chi connectivity index (χ0n) is 19.7. The van der Waals surface area contributed by atoms with E-state index in [1.807, 2.05) is 30.3 Å². The number of benzene rings is 1. The maximum absolute atomic E-state index is 13.7. The van der Waals surface area contributed by atoms with Crippen LogP contribution in [0.15, 0.2) is 55.0 Å². The molecule has 3 heterocycles. The summed E-state index contributed by atoms with van der Waals surface area (Å²) in [6, 6.07) is 11.2.